The molecular formula is C18H19N3O4S. The minimum Gasteiger partial charge on any atom is -0.486 e. The lowest BCUT2D eigenvalue weighted by molar-refractivity contribution is -0.119. The van der Waals surface area contributed by atoms with Crippen LogP contribution in [0.5, 0.6) is 11.5 Å². The number of fused-ring (bicyclic) bond motifs is 1. The van der Waals surface area contributed by atoms with E-state index in [9.17, 15) is 9.59 Å². The molecule has 0 spiro atoms. The van der Waals surface area contributed by atoms with Crippen molar-refractivity contribution in [3.05, 3.63) is 34.5 Å². The minimum absolute atomic E-state index is 0.0710. The van der Waals surface area contributed by atoms with Crippen molar-refractivity contribution >= 4 is 34.5 Å². The van der Waals surface area contributed by atoms with Gasteiger partial charge in [0.2, 0.25) is 5.91 Å². The van der Waals surface area contributed by atoms with E-state index in [-0.39, 0.29) is 17.7 Å². The standard InChI is InChI=1S/C18H19N3O4S/c22-17(11-3-4-19-10-11)20-12-8-14-15(25-6-5-24-14)9-13(12)21-18(23)16-2-1-7-26-16/h1-2,7-9,11,19H,3-6,10H2,(H,20,22)(H,21,23). The number of carbonyl (C=O) groups is 2. The van der Waals surface area contributed by atoms with Crippen molar-refractivity contribution in [1.29, 1.82) is 0 Å². The van der Waals surface area contributed by atoms with Gasteiger partial charge in [-0.15, -0.1) is 11.3 Å². The molecule has 2 aliphatic rings. The van der Waals surface area contributed by atoms with Crippen LogP contribution in [0.15, 0.2) is 29.6 Å². The van der Waals surface area contributed by atoms with Crippen molar-refractivity contribution in [2.45, 2.75) is 6.42 Å². The molecule has 2 aliphatic heterocycles. The number of hydrogen-bond acceptors (Lipinski definition) is 6. The van der Waals surface area contributed by atoms with Gasteiger partial charge in [0.15, 0.2) is 11.5 Å². The van der Waals surface area contributed by atoms with Gasteiger partial charge in [0.1, 0.15) is 13.2 Å². The number of ether oxygens (including phenoxy) is 2. The summed E-state index contributed by atoms with van der Waals surface area (Å²) in [6.45, 7) is 2.40. The summed E-state index contributed by atoms with van der Waals surface area (Å²) in [5, 5.41) is 10.8. The van der Waals surface area contributed by atoms with Crippen LogP contribution >= 0.6 is 11.3 Å². The van der Waals surface area contributed by atoms with Crippen LogP contribution in [0.1, 0.15) is 16.1 Å². The Morgan fingerprint density at radius 3 is 2.46 bits per heavy atom. The zero-order valence-corrected chi connectivity index (χ0v) is 14.9. The highest BCUT2D eigenvalue weighted by Crippen LogP contribution is 2.39. The quantitative estimate of drug-likeness (QED) is 0.765. The van der Waals surface area contributed by atoms with Crippen molar-refractivity contribution in [3.63, 3.8) is 0 Å². The van der Waals surface area contributed by atoms with Gasteiger partial charge in [-0.25, -0.2) is 0 Å². The monoisotopic (exact) mass is 373 g/mol. The summed E-state index contributed by atoms with van der Waals surface area (Å²) in [6, 6.07) is 6.97. The predicted octanol–water partition coefficient (Wildman–Crippen LogP) is 2.32. The Morgan fingerprint density at radius 1 is 1.12 bits per heavy atom. The minimum atomic E-state index is -0.227. The first-order chi connectivity index (χ1) is 12.7. The molecule has 3 heterocycles. The van der Waals surface area contributed by atoms with Crippen LogP contribution < -0.4 is 25.4 Å². The number of nitrogens with one attached hydrogen (secondary N) is 3. The third-order valence-electron chi connectivity index (χ3n) is 4.36. The molecule has 8 heteroatoms. The largest absolute Gasteiger partial charge is 0.486 e. The normalized spacial score (nSPS) is 18.4. The molecule has 0 bridgehead atoms. The first kappa shape index (κ1) is 16.9. The summed E-state index contributed by atoms with van der Waals surface area (Å²) in [5.41, 5.74) is 1.00. The lowest BCUT2D eigenvalue weighted by Crippen LogP contribution is -2.26. The van der Waals surface area contributed by atoms with E-state index in [1.165, 1.54) is 11.3 Å². The van der Waals surface area contributed by atoms with E-state index in [0.29, 0.717) is 47.5 Å². The highest BCUT2D eigenvalue weighted by atomic mass is 32.1. The Bertz CT molecular complexity index is 816. The molecule has 0 radical (unpaired) electrons. The van der Waals surface area contributed by atoms with E-state index in [4.69, 9.17) is 9.47 Å². The third kappa shape index (κ3) is 3.51. The Hall–Kier alpha value is -2.58. The predicted molar refractivity (Wildman–Crippen MR) is 99.3 cm³/mol. The maximum Gasteiger partial charge on any atom is 0.265 e. The summed E-state index contributed by atoms with van der Waals surface area (Å²) in [5.74, 6) is 0.737. The molecule has 1 atom stereocenters. The molecule has 3 N–H and O–H groups in total. The van der Waals surface area contributed by atoms with E-state index < -0.39 is 0 Å². The van der Waals surface area contributed by atoms with E-state index in [1.54, 1.807) is 18.2 Å². The maximum atomic E-state index is 12.5. The van der Waals surface area contributed by atoms with Crippen molar-refractivity contribution in [2.75, 3.05) is 36.9 Å². The van der Waals surface area contributed by atoms with E-state index in [1.807, 2.05) is 11.4 Å². The molecule has 4 rings (SSSR count). The van der Waals surface area contributed by atoms with Gasteiger partial charge in [-0.05, 0) is 24.4 Å². The number of thiophene rings is 1. The fourth-order valence-corrected chi connectivity index (χ4v) is 3.62. The molecule has 1 fully saturated rings. The summed E-state index contributed by atoms with van der Waals surface area (Å²) in [6.07, 6.45) is 0.799. The number of anilines is 2. The van der Waals surface area contributed by atoms with Gasteiger partial charge in [-0.2, -0.15) is 0 Å². The molecule has 136 valence electrons. The van der Waals surface area contributed by atoms with Crippen LogP contribution in [0.25, 0.3) is 0 Å². The van der Waals surface area contributed by atoms with Gasteiger partial charge in [0.05, 0.1) is 22.2 Å². The second-order valence-electron chi connectivity index (χ2n) is 6.15. The summed E-state index contributed by atoms with van der Waals surface area (Å²) < 4.78 is 11.2. The van der Waals surface area contributed by atoms with Crippen LogP contribution in [0.4, 0.5) is 11.4 Å². The highest BCUT2D eigenvalue weighted by molar-refractivity contribution is 7.12. The maximum absolute atomic E-state index is 12.5. The van der Waals surface area contributed by atoms with Crippen LogP contribution in [-0.4, -0.2) is 38.1 Å². The van der Waals surface area contributed by atoms with Gasteiger partial charge in [-0.1, -0.05) is 6.07 Å². The summed E-state index contributed by atoms with van der Waals surface area (Å²) >= 11 is 1.36. The van der Waals surface area contributed by atoms with Crippen LogP contribution in [0.2, 0.25) is 0 Å². The fraction of sp³-hybridized carbons (Fsp3) is 0.333. The number of rotatable bonds is 4. The molecule has 2 amide bonds. The Labute approximate surface area is 154 Å². The highest BCUT2D eigenvalue weighted by Gasteiger charge is 2.25. The molecule has 1 unspecified atom stereocenters. The summed E-state index contributed by atoms with van der Waals surface area (Å²) in [7, 11) is 0. The zero-order chi connectivity index (χ0) is 17.9. The average Bonchev–Trinajstić information content (AvgIpc) is 3.36. The lowest BCUT2D eigenvalue weighted by Gasteiger charge is -2.22. The van der Waals surface area contributed by atoms with Crippen molar-refractivity contribution in [3.8, 4) is 11.5 Å². The van der Waals surface area contributed by atoms with E-state index in [2.05, 4.69) is 16.0 Å². The number of hydrogen-bond donors (Lipinski definition) is 3. The number of amides is 2. The average molecular weight is 373 g/mol. The smallest absolute Gasteiger partial charge is 0.265 e. The molecule has 7 nitrogen and oxygen atoms in total. The second-order valence-corrected chi connectivity index (χ2v) is 7.10. The van der Waals surface area contributed by atoms with E-state index >= 15 is 0 Å². The molecule has 1 saturated heterocycles. The Balaban J connectivity index is 1.61. The molecular weight excluding hydrogens is 354 g/mol. The molecule has 2 aromatic rings. The lowest BCUT2D eigenvalue weighted by atomic mass is 10.1. The van der Waals surface area contributed by atoms with E-state index in [0.717, 1.165) is 13.0 Å². The van der Waals surface area contributed by atoms with Crippen molar-refractivity contribution < 1.29 is 19.1 Å². The molecule has 1 aromatic heterocycles. The first-order valence-corrected chi connectivity index (χ1v) is 9.39. The second kappa shape index (κ2) is 7.35. The molecule has 1 aromatic carbocycles. The molecule has 0 saturated carbocycles. The van der Waals surface area contributed by atoms with Gasteiger partial charge in [0, 0.05) is 18.7 Å². The number of carbonyl (C=O) groups excluding carboxylic acids is 2. The van der Waals surface area contributed by atoms with Gasteiger partial charge in [0.25, 0.3) is 5.91 Å². The molecule has 26 heavy (non-hydrogen) atoms. The van der Waals surface area contributed by atoms with Crippen molar-refractivity contribution in [1.82, 2.24) is 5.32 Å². The first-order valence-electron chi connectivity index (χ1n) is 8.51. The Kier molecular flexibility index (Phi) is 4.77. The van der Waals surface area contributed by atoms with Gasteiger partial charge < -0.3 is 25.4 Å². The Morgan fingerprint density at radius 2 is 1.85 bits per heavy atom. The summed E-state index contributed by atoms with van der Waals surface area (Å²) in [4.78, 5) is 25.6. The van der Waals surface area contributed by atoms with Gasteiger partial charge in [-0.3, -0.25) is 9.59 Å². The third-order valence-corrected chi connectivity index (χ3v) is 5.23. The molecule has 0 aliphatic carbocycles. The topological polar surface area (TPSA) is 88.7 Å². The SMILES string of the molecule is O=C(Nc1cc2c(cc1NC(=O)C1CCNC1)OCCO2)c1cccs1. The fourth-order valence-electron chi connectivity index (χ4n) is 3.00. The van der Waals surface area contributed by atoms with Crippen molar-refractivity contribution in [2.24, 2.45) is 5.92 Å². The number of benzene rings is 1. The van der Waals surface area contributed by atoms with Gasteiger partial charge >= 0.3 is 0 Å². The van der Waals surface area contributed by atoms with Crippen LogP contribution in [0.3, 0.4) is 0 Å². The van der Waals surface area contributed by atoms with Crippen LogP contribution in [-0.2, 0) is 4.79 Å². The zero-order valence-electron chi connectivity index (χ0n) is 14.0. The van der Waals surface area contributed by atoms with Crippen LogP contribution in [0, 0.1) is 5.92 Å².